The summed E-state index contributed by atoms with van der Waals surface area (Å²) in [5.74, 6) is -4.96. The molecule has 8 heteroatoms. The topological polar surface area (TPSA) is 80.8 Å². The van der Waals surface area contributed by atoms with Gasteiger partial charge in [-0.3, -0.25) is 19.2 Å². The number of imide groups is 1. The molecule has 0 aromatic heterocycles. The van der Waals surface area contributed by atoms with Gasteiger partial charge in [0.1, 0.15) is 0 Å². The highest BCUT2D eigenvalue weighted by Crippen LogP contribution is 2.58. The third-order valence-corrected chi connectivity index (χ3v) is 7.63. The maximum atomic E-state index is 13.9. The molecule has 6 rings (SSSR count). The van der Waals surface area contributed by atoms with Gasteiger partial charge in [-0.2, -0.15) is 0 Å². The first-order valence-corrected chi connectivity index (χ1v) is 11.8. The van der Waals surface area contributed by atoms with Gasteiger partial charge in [0.2, 0.25) is 29.0 Å². The predicted octanol–water partition coefficient (Wildman–Crippen LogP) is 5.00. The number of fused-ring (bicyclic) bond motifs is 3. The first-order chi connectivity index (χ1) is 16.8. The minimum Gasteiger partial charge on any atom is -0.349 e. The molecule has 35 heavy (non-hydrogen) atoms. The van der Waals surface area contributed by atoms with Crippen molar-refractivity contribution in [2.24, 2.45) is 11.8 Å². The predicted molar refractivity (Wildman–Crippen MR) is 129 cm³/mol. The van der Waals surface area contributed by atoms with Crippen LogP contribution in [0.25, 0.3) is 0 Å². The molecule has 3 aromatic carbocycles. The lowest BCUT2D eigenvalue weighted by molar-refractivity contribution is -0.127. The molecular formula is C27H17Cl2NO5. The van der Waals surface area contributed by atoms with Crippen LogP contribution < -0.4 is 4.90 Å². The largest absolute Gasteiger partial charge is 0.349 e. The van der Waals surface area contributed by atoms with E-state index in [0.717, 1.165) is 10.5 Å². The van der Waals surface area contributed by atoms with Gasteiger partial charge >= 0.3 is 0 Å². The molecule has 1 aliphatic carbocycles. The average molecular weight is 506 g/mol. The molecule has 174 valence electrons. The van der Waals surface area contributed by atoms with Crippen molar-refractivity contribution in [2.75, 3.05) is 4.90 Å². The lowest BCUT2D eigenvalue weighted by Crippen LogP contribution is -2.51. The van der Waals surface area contributed by atoms with Crippen molar-refractivity contribution in [3.63, 3.8) is 0 Å². The lowest BCUT2D eigenvalue weighted by Gasteiger charge is -2.27. The van der Waals surface area contributed by atoms with E-state index in [1.165, 1.54) is 24.3 Å². The van der Waals surface area contributed by atoms with E-state index in [1.807, 2.05) is 19.1 Å². The van der Waals surface area contributed by atoms with Crippen LogP contribution in [0.15, 0.2) is 66.7 Å². The zero-order valence-corrected chi connectivity index (χ0v) is 19.8. The second-order valence-corrected chi connectivity index (χ2v) is 9.84. The minimum atomic E-state index is -2.13. The SMILES string of the molecule is Cc1ccc(C2OC3(C(=O)c4ccccc4C3=O)C3C(=O)N(c4cc(Cl)ccc4Cl)C(=O)C23)cc1. The van der Waals surface area contributed by atoms with Crippen molar-refractivity contribution >= 4 is 52.3 Å². The summed E-state index contributed by atoms with van der Waals surface area (Å²) in [5.41, 5.74) is -0.0765. The molecular weight excluding hydrogens is 489 g/mol. The molecule has 3 unspecified atom stereocenters. The van der Waals surface area contributed by atoms with Crippen LogP contribution in [-0.4, -0.2) is 29.0 Å². The van der Waals surface area contributed by atoms with Gasteiger partial charge in [-0.1, -0.05) is 77.3 Å². The van der Waals surface area contributed by atoms with Gasteiger partial charge in [0.25, 0.3) is 0 Å². The number of nitrogens with zero attached hydrogens (tertiary/aromatic N) is 1. The van der Waals surface area contributed by atoms with Crippen molar-refractivity contribution in [3.8, 4) is 0 Å². The highest BCUT2D eigenvalue weighted by atomic mass is 35.5. The molecule has 2 saturated heterocycles. The minimum absolute atomic E-state index is 0.108. The van der Waals surface area contributed by atoms with E-state index in [1.54, 1.807) is 30.3 Å². The molecule has 0 bridgehead atoms. The number of hydrogen-bond donors (Lipinski definition) is 0. The molecule has 3 aliphatic rings. The second kappa shape index (κ2) is 7.59. The molecule has 0 radical (unpaired) electrons. The molecule has 2 amide bonds. The molecule has 2 fully saturated rings. The van der Waals surface area contributed by atoms with Crippen molar-refractivity contribution < 1.29 is 23.9 Å². The van der Waals surface area contributed by atoms with E-state index >= 15 is 0 Å². The Hall–Kier alpha value is -3.32. The van der Waals surface area contributed by atoms with Gasteiger partial charge in [0.05, 0.1) is 28.6 Å². The number of carbonyl (C=O) groups is 4. The summed E-state index contributed by atoms with van der Waals surface area (Å²) in [4.78, 5) is 56.2. The zero-order chi connectivity index (χ0) is 24.6. The van der Waals surface area contributed by atoms with E-state index in [9.17, 15) is 19.2 Å². The maximum Gasteiger partial charge on any atom is 0.241 e. The number of Topliss-reactive ketones (excluding diaryl/α,β-unsaturated/α-hetero) is 2. The summed E-state index contributed by atoms with van der Waals surface area (Å²) in [6, 6.07) is 18.1. The first kappa shape index (κ1) is 22.2. The third kappa shape index (κ3) is 2.88. The summed E-state index contributed by atoms with van der Waals surface area (Å²) in [7, 11) is 0. The number of carbonyl (C=O) groups excluding carboxylic acids is 4. The van der Waals surface area contributed by atoms with Crippen LogP contribution in [0.4, 0.5) is 5.69 Å². The van der Waals surface area contributed by atoms with Crippen LogP contribution in [0.2, 0.25) is 10.0 Å². The van der Waals surface area contributed by atoms with E-state index in [4.69, 9.17) is 27.9 Å². The number of anilines is 1. The average Bonchev–Trinajstić information content (AvgIpc) is 3.41. The highest BCUT2D eigenvalue weighted by Gasteiger charge is 2.74. The number of aryl methyl sites for hydroxylation is 1. The van der Waals surface area contributed by atoms with Crippen molar-refractivity contribution in [3.05, 3.63) is 99.0 Å². The van der Waals surface area contributed by atoms with Crippen LogP contribution in [0.3, 0.4) is 0 Å². The fraction of sp³-hybridized carbons (Fsp3) is 0.185. The monoisotopic (exact) mass is 505 g/mol. The zero-order valence-electron chi connectivity index (χ0n) is 18.3. The second-order valence-electron chi connectivity index (χ2n) is 9.00. The Morgan fingerprint density at radius 3 is 2.09 bits per heavy atom. The van der Waals surface area contributed by atoms with Gasteiger partial charge < -0.3 is 4.74 Å². The van der Waals surface area contributed by atoms with E-state index in [2.05, 4.69) is 0 Å². The fourth-order valence-electron chi connectivity index (χ4n) is 5.47. The van der Waals surface area contributed by atoms with Gasteiger partial charge in [-0.15, -0.1) is 0 Å². The molecule has 3 atom stereocenters. The molecule has 2 heterocycles. The molecule has 6 nitrogen and oxygen atoms in total. The normalized spacial score (nSPS) is 24.4. The van der Waals surface area contributed by atoms with Crippen LogP contribution in [0, 0.1) is 18.8 Å². The van der Waals surface area contributed by atoms with E-state index in [-0.39, 0.29) is 26.9 Å². The molecule has 0 N–H and O–H groups in total. The van der Waals surface area contributed by atoms with Crippen LogP contribution >= 0.6 is 23.2 Å². The molecule has 2 aliphatic heterocycles. The smallest absolute Gasteiger partial charge is 0.241 e. The van der Waals surface area contributed by atoms with E-state index < -0.39 is 46.9 Å². The fourth-order valence-corrected chi connectivity index (χ4v) is 5.84. The van der Waals surface area contributed by atoms with Gasteiger partial charge in [-0.25, -0.2) is 4.90 Å². The summed E-state index contributed by atoms with van der Waals surface area (Å²) >= 11 is 12.5. The van der Waals surface area contributed by atoms with Crippen molar-refractivity contribution in [1.29, 1.82) is 0 Å². The standard InChI is InChI=1S/C27H17Cl2NO5/c1-13-6-8-14(9-7-13)22-20-21(26(34)30(25(20)33)19-12-15(28)10-11-18(19)29)27(35-22)23(31)16-4-2-3-5-17(16)24(27)32/h2-12,20-22H,1H3. The van der Waals surface area contributed by atoms with Crippen LogP contribution in [0.1, 0.15) is 37.9 Å². The number of ketones is 2. The Bertz CT molecular complexity index is 1430. The summed E-state index contributed by atoms with van der Waals surface area (Å²) in [6.45, 7) is 1.91. The third-order valence-electron chi connectivity index (χ3n) is 7.07. The summed E-state index contributed by atoms with van der Waals surface area (Å²) in [5, 5.41) is 0.425. The lowest BCUT2D eigenvalue weighted by atomic mass is 9.77. The molecule has 3 aromatic rings. The Morgan fingerprint density at radius 2 is 1.46 bits per heavy atom. The van der Waals surface area contributed by atoms with Crippen LogP contribution in [-0.2, 0) is 14.3 Å². The number of ether oxygens (including phenoxy) is 1. The Morgan fingerprint density at radius 1 is 0.829 bits per heavy atom. The quantitative estimate of drug-likeness (QED) is 0.361. The molecule has 0 saturated carbocycles. The Kier molecular flexibility index (Phi) is 4.81. The molecule has 1 spiro atoms. The number of benzene rings is 3. The van der Waals surface area contributed by atoms with Gasteiger partial charge in [-0.05, 0) is 30.7 Å². The first-order valence-electron chi connectivity index (χ1n) is 11.0. The Labute approximate surface area is 210 Å². The number of amides is 2. The number of hydrogen-bond acceptors (Lipinski definition) is 5. The maximum absolute atomic E-state index is 13.9. The number of halogens is 2. The number of rotatable bonds is 2. The van der Waals surface area contributed by atoms with Crippen molar-refractivity contribution in [1.82, 2.24) is 0 Å². The highest BCUT2D eigenvalue weighted by molar-refractivity contribution is 6.40. The van der Waals surface area contributed by atoms with Crippen LogP contribution in [0.5, 0.6) is 0 Å². The van der Waals surface area contributed by atoms with Crippen molar-refractivity contribution in [2.45, 2.75) is 18.6 Å². The van der Waals surface area contributed by atoms with Gasteiger partial charge in [0, 0.05) is 16.1 Å². The van der Waals surface area contributed by atoms with Gasteiger partial charge in [0.15, 0.2) is 0 Å². The Balaban J connectivity index is 1.56. The van der Waals surface area contributed by atoms with E-state index in [0.29, 0.717) is 5.56 Å². The summed E-state index contributed by atoms with van der Waals surface area (Å²) in [6.07, 6.45) is -0.984. The summed E-state index contributed by atoms with van der Waals surface area (Å²) < 4.78 is 6.26.